The number of nitrogens with one attached hydrogen (secondary N) is 2. The van der Waals surface area contributed by atoms with Crippen LogP contribution in [0, 0.1) is 5.92 Å². The molecule has 24 heavy (non-hydrogen) atoms. The lowest BCUT2D eigenvalue weighted by Gasteiger charge is -2.27. The largest absolute Gasteiger partial charge is 0.379 e. The minimum Gasteiger partial charge on any atom is -0.379 e. The number of halogens is 2. The van der Waals surface area contributed by atoms with Gasteiger partial charge in [-0.2, -0.15) is 0 Å². The molecular weight excluding hydrogens is 349 g/mol. The summed E-state index contributed by atoms with van der Waals surface area (Å²) in [5.74, 6) is 0.830. The summed E-state index contributed by atoms with van der Waals surface area (Å²) in [7, 11) is 0. The summed E-state index contributed by atoms with van der Waals surface area (Å²) in [6.45, 7) is 5.69. The fourth-order valence-electron chi connectivity index (χ4n) is 2.69. The third-order valence-electron chi connectivity index (χ3n) is 4.20. The highest BCUT2D eigenvalue weighted by molar-refractivity contribution is 5.93. The maximum atomic E-state index is 12.1. The van der Waals surface area contributed by atoms with Gasteiger partial charge >= 0.3 is 0 Å². The number of nitrogens with zero attached hydrogens (tertiary/aromatic N) is 1. The van der Waals surface area contributed by atoms with Crippen LogP contribution in [0.3, 0.4) is 0 Å². The van der Waals surface area contributed by atoms with E-state index in [2.05, 4.69) is 21.6 Å². The van der Waals surface area contributed by atoms with E-state index in [9.17, 15) is 4.79 Å². The van der Waals surface area contributed by atoms with E-state index >= 15 is 0 Å². The Morgan fingerprint density at radius 3 is 2.58 bits per heavy atom. The fraction of sp³-hybridized carbons (Fsp3) is 0.588. The number of benzene rings is 1. The molecular formula is C17H27Cl2N3O2. The molecule has 2 fully saturated rings. The lowest BCUT2D eigenvalue weighted by Crippen LogP contribution is -2.36. The van der Waals surface area contributed by atoms with E-state index in [1.807, 2.05) is 18.2 Å². The Kier molecular flexibility index (Phi) is 9.63. The molecule has 1 saturated heterocycles. The van der Waals surface area contributed by atoms with Crippen LogP contribution in [0.25, 0.3) is 0 Å². The van der Waals surface area contributed by atoms with Crippen molar-refractivity contribution in [1.82, 2.24) is 10.2 Å². The number of para-hydroxylation sites is 1. The van der Waals surface area contributed by atoms with E-state index in [0.29, 0.717) is 6.54 Å². The summed E-state index contributed by atoms with van der Waals surface area (Å²) in [6.07, 6.45) is 2.61. The molecule has 3 rings (SSSR count). The molecule has 1 aromatic rings. The monoisotopic (exact) mass is 375 g/mol. The lowest BCUT2D eigenvalue weighted by molar-refractivity contribution is -0.115. The Balaban J connectivity index is 0.00000144. The molecule has 1 aliphatic carbocycles. The molecule has 0 spiro atoms. The Morgan fingerprint density at radius 1 is 1.17 bits per heavy atom. The van der Waals surface area contributed by atoms with Crippen LogP contribution in [0.2, 0.25) is 0 Å². The molecule has 0 bridgehead atoms. The van der Waals surface area contributed by atoms with Gasteiger partial charge in [-0.1, -0.05) is 18.2 Å². The second kappa shape index (κ2) is 10.9. The number of morpholine rings is 1. The van der Waals surface area contributed by atoms with Gasteiger partial charge in [0.1, 0.15) is 0 Å². The van der Waals surface area contributed by atoms with E-state index in [1.165, 1.54) is 18.4 Å². The van der Waals surface area contributed by atoms with Gasteiger partial charge in [0.25, 0.3) is 0 Å². The zero-order chi connectivity index (χ0) is 15.2. The van der Waals surface area contributed by atoms with Crippen molar-refractivity contribution >= 4 is 36.4 Å². The van der Waals surface area contributed by atoms with Crippen LogP contribution in [-0.4, -0.2) is 50.2 Å². The second-order valence-corrected chi connectivity index (χ2v) is 6.17. The Bertz CT molecular complexity index is 506. The van der Waals surface area contributed by atoms with Gasteiger partial charge < -0.3 is 15.4 Å². The molecule has 0 unspecified atom stereocenters. The highest BCUT2D eigenvalue weighted by Gasteiger charge is 2.20. The Morgan fingerprint density at radius 2 is 1.88 bits per heavy atom. The summed E-state index contributed by atoms with van der Waals surface area (Å²) >= 11 is 0. The first-order chi connectivity index (χ1) is 10.8. The quantitative estimate of drug-likeness (QED) is 0.767. The van der Waals surface area contributed by atoms with Gasteiger partial charge in [0.2, 0.25) is 5.91 Å². The molecule has 0 radical (unpaired) electrons. The highest BCUT2D eigenvalue weighted by atomic mass is 35.5. The Hall–Kier alpha value is -0.850. The van der Waals surface area contributed by atoms with Crippen LogP contribution < -0.4 is 10.6 Å². The maximum Gasteiger partial charge on any atom is 0.238 e. The van der Waals surface area contributed by atoms with Crippen LogP contribution in [0.4, 0.5) is 5.69 Å². The van der Waals surface area contributed by atoms with E-state index in [1.54, 1.807) is 0 Å². The average Bonchev–Trinajstić information content (AvgIpc) is 3.35. The standard InChI is InChI=1S/C17H25N3O2.2ClH/c21-17(12-18-11-14-5-6-14)19-16-4-2-1-3-15(16)13-20-7-9-22-10-8-20;;/h1-4,14,18H,5-13H2,(H,19,21);2*1H. The van der Waals surface area contributed by atoms with E-state index in [-0.39, 0.29) is 30.7 Å². The zero-order valence-corrected chi connectivity index (χ0v) is 15.5. The van der Waals surface area contributed by atoms with E-state index in [4.69, 9.17) is 4.74 Å². The summed E-state index contributed by atoms with van der Waals surface area (Å²) in [5.41, 5.74) is 2.09. The number of rotatable bonds is 7. The first-order valence-corrected chi connectivity index (χ1v) is 8.20. The molecule has 1 saturated carbocycles. The van der Waals surface area contributed by atoms with Crippen LogP contribution in [0.5, 0.6) is 0 Å². The van der Waals surface area contributed by atoms with E-state index < -0.39 is 0 Å². The SMILES string of the molecule is Cl.Cl.O=C(CNCC1CC1)Nc1ccccc1CN1CCOCC1. The number of hydrogen-bond acceptors (Lipinski definition) is 4. The van der Waals surface area contributed by atoms with Crippen molar-refractivity contribution in [1.29, 1.82) is 0 Å². The van der Waals surface area contributed by atoms with Gasteiger partial charge in [-0.05, 0) is 36.9 Å². The number of hydrogen-bond donors (Lipinski definition) is 2. The van der Waals surface area contributed by atoms with Crippen molar-refractivity contribution in [2.24, 2.45) is 5.92 Å². The normalized spacial score (nSPS) is 17.5. The molecule has 1 heterocycles. The molecule has 2 aliphatic rings. The average molecular weight is 376 g/mol. The van der Waals surface area contributed by atoms with Crippen molar-refractivity contribution in [3.05, 3.63) is 29.8 Å². The summed E-state index contributed by atoms with van der Waals surface area (Å²) in [5, 5.41) is 6.26. The predicted molar refractivity (Wildman–Crippen MR) is 101 cm³/mol. The first-order valence-electron chi connectivity index (χ1n) is 8.20. The summed E-state index contributed by atoms with van der Waals surface area (Å²) < 4.78 is 5.38. The smallest absolute Gasteiger partial charge is 0.238 e. The number of anilines is 1. The molecule has 1 aliphatic heterocycles. The van der Waals surface area contributed by atoms with Crippen molar-refractivity contribution in [2.75, 3.05) is 44.7 Å². The van der Waals surface area contributed by atoms with Gasteiger partial charge in [-0.15, -0.1) is 24.8 Å². The van der Waals surface area contributed by atoms with E-state index in [0.717, 1.165) is 51.0 Å². The Labute approximate surface area is 156 Å². The van der Waals surface area contributed by atoms with Crippen molar-refractivity contribution in [2.45, 2.75) is 19.4 Å². The molecule has 0 atom stereocenters. The highest BCUT2D eigenvalue weighted by Crippen LogP contribution is 2.27. The molecule has 5 nitrogen and oxygen atoms in total. The molecule has 136 valence electrons. The van der Waals surface area contributed by atoms with Gasteiger partial charge in [0, 0.05) is 25.3 Å². The van der Waals surface area contributed by atoms with Crippen molar-refractivity contribution < 1.29 is 9.53 Å². The van der Waals surface area contributed by atoms with Gasteiger partial charge in [0.15, 0.2) is 0 Å². The molecule has 0 aromatic heterocycles. The van der Waals surface area contributed by atoms with Gasteiger partial charge in [-0.3, -0.25) is 9.69 Å². The number of carbonyl (C=O) groups is 1. The predicted octanol–water partition coefficient (Wildman–Crippen LogP) is 2.30. The third kappa shape index (κ3) is 6.95. The number of ether oxygens (including phenoxy) is 1. The van der Waals surface area contributed by atoms with Crippen LogP contribution in [0.15, 0.2) is 24.3 Å². The molecule has 1 aromatic carbocycles. The summed E-state index contributed by atoms with van der Waals surface area (Å²) in [4.78, 5) is 14.4. The van der Waals surface area contributed by atoms with Gasteiger partial charge in [0.05, 0.1) is 19.8 Å². The fourth-order valence-corrected chi connectivity index (χ4v) is 2.69. The third-order valence-corrected chi connectivity index (χ3v) is 4.20. The second-order valence-electron chi connectivity index (χ2n) is 6.17. The zero-order valence-electron chi connectivity index (χ0n) is 13.8. The summed E-state index contributed by atoms with van der Waals surface area (Å²) in [6, 6.07) is 8.06. The number of carbonyl (C=O) groups excluding carboxylic acids is 1. The molecule has 7 heteroatoms. The van der Waals surface area contributed by atoms with Crippen molar-refractivity contribution in [3.63, 3.8) is 0 Å². The van der Waals surface area contributed by atoms with Crippen molar-refractivity contribution in [3.8, 4) is 0 Å². The van der Waals surface area contributed by atoms with Gasteiger partial charge in [-0.25, -0.2) is 0 Å². The van der Waals surface area contributed by atoms with Crippen LogP contribution in [-0.2, 0) is 16.1 Å². The molecule has 1 amide bonds. The lowest BCUT2D eigenvalue weighted by atomic mass is 10.1. The molecule has 2 N–H and O–H groups in total. The minimum absolute atomic E-state index is 0. The minimum atomic E-state index is 0. The van der Waals surface area contributed by atoms with Crippen LogP contribution >= 0.6 is 24.8 Å². The van der Waals surface area contributed by atoms with Crippen LogP contribution in [0.1, 0.15) is 18.4 Å². The number of amides is 1. The first kappa shape index (κ1) is 21.2. The topological polar surface area (TPSA) is 53.6 Å². The maximum absolute atomic E-state index is 12.1.